The second kappa shape index (κ2) is 7.97. The highest BCUT2D eigenvalue weighted by atomic mass is 35.5. The molecule has 1 saturated carbocycles. The summed E-state index contributed by atoms with van der Waals surface area (Å²) in [4.78, 5) is 27.0. The van der Waals surface area contributed by atoms with Crippen molar-refractivity contribution >= 4 is 34.8 Å². The van der Waals surface area contributed by atoms with Gasteiger partial charge in [0.15, 0.2) is 18.1 Å². The fourth-order valence-electron chi connectivity index (χ4n) is 2.62. The second-order valence-corrected chi connectivity index (χ2v) is 7.43. The number of primary amides is 1. The van der Waals surface area contributed by atoms with Crippen LogP contribution in [0.1, 0.15) is 28.1 Å². The van der Waals surface area contributed by atoms with E-state index < -0.39 is 5.91 Å². The Morgan fingerprint density at radius 3 is 2.73 bits per heavy atom. The predicted molar refractivity (Wildman–Crippen MR) is 99.9 cm³/mol. The van der Waals surface area contributed by atoms with Crippen LogP contribution < -0.4 is 15.2 Å². The van der Waals surface area contributed by atoms with Gasteiger partial charge < -0.3 is 20.1 Å². The lowest BCUT2D eigenvalue weighted by atomic mass is 10.1. The molecule has 2 amide bonds. The molecule has 2 N–H and O–H groups in total. The van der Waals surface area contributed by atoms with E-state index in [0.717, 1.165) is 17.7 Å². The number of ether oxygens (including phenoxy) is 2. The van der Waals surface area contributed by atoms with E-state index in [4.69, 9.17) is 26.8 Å². The van der Waals surface area contributed by atoms with Gasteiger partial charge in [-0.25, -0.2) is 0 Å². The van der Waals surface area contributed by atoms with Crippen molar-refractivity contribution < 1.29 is 19.1 Å². The Bertz CT molecular complexity index is 806. The monoisotopic (exact) mass is 394 g/mol. The number of carbonyl (C=O) groups is 2. The molecule has 1 heterocycles. The number of amides is 2. The summed E-state index contributed by atoms with van der Waals surface area (Å²) in [5, 5.41) is 2.19. The number of thiophene rings is 1. The summed E-state index contributed by atoms with van der Waals surface area (Å²) >= 11 is 7.88. The van der Waals surface area contributed by atoms with E-state index in [1.807, 2.05) is 22.4 Å². The highest BCUT2D eigenvalue weighted by Crippen LogP contribution is 2.38. The van der Waals surface area contributed by atoms with Gasteiger partial charge in [-0.2, -0.15) is 0 Å². The van der Waals surface area contributed by atoms with E-state index in [0.29, 0.717) is 12.1 Å². The van der Waals surface area contributed by atoms with Gasteiger partial charge in [-0.05, 0) is 36.4 Å². The number of rotatable bonds is 8. The SMILES string of the molecule is COc1cc(C(=O)N(Cc2cccs2)C2CC2)cc(Cl)c1OCC(N)=O. The molecule has 6 nitrogen and oxygen atoms in total. The van der Waals surface area contributed by atoms with E-state index >= 15 is 0 Å². The molecule has 0 atom stereocenters. The molecule has 8 heteroatoms. The van der Waals surface area contributed by atoms with Crippen molar-refractivity contribution in [3.8, 4) is 11.5 Å². The first kappa shape index (κ1) is 18.5. The Hall–Kier alpha value is -2.25. The first-order valence-corrected chi connectivity index (χ1v) is 9.37. The van der Waals surface area contributed by atoms with Gasteiger partial charge in [0.1, 0.15) is 0 Å². The molecule has 0 saturated heterocycles. The second-order valence-electron chi connectivity index (χ2n) is 5.99. The summed E-state index contributed by atoms with van der Waals surface area (Å²) < 4.78 is 10.6. The molecule has 0 aliphatic heterocycles. The zero-order valence-electron chi connectivity index (χ0n) is 14.2. The number of hydrogen-bond donors (Lipinski definition) is 1. The number of methoxy groups -OCH3 is 1. The quantitative estimate of drug-likeness (QED) is 0.745. The maximum absolute atomic E-state index is 13.1. The standard InChI is InChI=1S/C18H19ClN2O4S/c1-24-15-8-11(7-14(19)17(15)25-10-16(20)22)18(23)21(12-4-5-12)9-13-3-2-6-26-13/h2-3,6-8,12H,4-5,9-10H2,1H3,(H2,20,22). The molecule has 0 radical (unpaired) electrons. The first-order valence-electron chi connectivity index (χ1n) is 8.11. The third-order valence-electron chi connectivity index (χ3n) is 3.99. The van der Waals surface area contributed by atoms with Crippen LogP contribution in [0.25, 0.3) is 0 Å². The normalized spacial score (nSPS) is 13.3. The largest absolute Gasteiger partial charge is 0.493 e. The minimum absolute atomic E-state index is 0.109. The van der Waals surface area contributed by atoms with E-state index in [2.05, 4.69) is 0 Å². The number of nitrogens with zero attached hydrogens (tertiary/aromatic N) is 1. The van der Waals surface area contributed by atoms with Crippen LogP contribution in [-0.4, -0.2) is 36.5 Å². The maximum Gasteiger partial charge on any atom is 0.255 e. The summed E-state index contributed by atoms with van der Waals surface area (Å²) in [7, 11) is 1.45. The third kappa shape index (κ3) is 4.28. The van der Waals surface area contributed by atoms with Gasteiger partial charge >= 0.3 is 0 Å². The van der Waals surface area contributed by atoms with Crippen molar-refractivity contribution in [3.05, 3.63) is 45.1 Å². The van der Waals surface area contributed by atoms with Crippen molar-refractivity contribution in [2.24, 2.45) is 5.73 Å². The van der Waals surface area contributed by atoms with Gasteiger partial charge in [-0.3, -0.25) is 9.59 Å². The van der Waals surface area contributed by atoms with Crippen LogP contribution in [0.4, 0.5) is 0 Å². The fraction of sp³-hybridized carbons (Fsp3) is 0.333. The lowest BCUT2D eigenvalue weighted by molar-refractivity contribution is -0.119. The summed E-state index contributed by atoms with van der Waals surface area (Å²) in [6.07, 6.45) is 2.00. The summed E-state index contributed by atoms with van der Waals surface area (Å²) in [6.45, 7) is 0.247. The van der Waals surface area contributed by atoms with Crippen molar-refractivity contribution in [3.63, 3.8) is 0 Å². The van der Waals surface area contributed by atoms with Gasteiger partial charge in [0, 0.05) is 16.5 Å². The highest BCUT2D eigenvalue weighted by molar-refractivity contribution is 7.09. The van der Waals surface area contributed by atoms with E-state index in [-0.39, 0.29) is 35.1 Å². The molecule has 1 aliphatic rings. The van der Waals surface area contributed by atoms with Crippen LogP contribution in [0, 0.1) is 0 Å². The van der Waals surface area contributed by atoms with E-state index in [1.54, 1.807) is 17.4 Å². The van der Waals surface area contributed by atoms with Crippen LogP contribution in [0.2, 0.25) is 5.02 Å². The first-order chi connectivity index (χ1) is 12.5. The molecule has 2 aromatic rings. The number of hydrogen-bond acceptors (Lipinski definition) is 5. The zero-order valence-corrected chi connectivity index (χ0v) is 15.8. The predicted octanol–water partition coefficient (Wildman–Crippen LogP) is 3.08. The smallest absolute Gasteiger partial charge is 0.255 e. The molecule has 1 aliphatic carbocycles. The van der Waals surface area contributed by atoms with Crippen LogP contribution in [0.3, 0.4) is 0 Å². The Morgan fingerprint density at radius 2 is 2.15 bits per heavy atom. The molecule has 0 unspecified atom stereocenters. The zero-order chi connectivity index (χ0) is 18.7. The Labute approximate surface area is 160 Å². The van der Waals surface area contributed by atoms with Gasteiger partial charge in [0.2, 0.25) is 0 Å². The minimum atomic E-state index is -0.626. The lowest BCUT2D eigenvalue weighted by Crippen LogP contribution is -2.32. The molecular weight excluding hydrogens is 376 g/mol. The molecule has 26 heavy (non-hydrogen) atoms. The lowest BCUT2D eigenvalue weighted by Gasteiger charge is -2.23. The number of carbonyl (C=O) groups excluding carboxylic acids is 2. The van der Waals surface area contributed by atoms with Gasteiger partial charge in [0.05, 0.1) is 18.7 Å². The van der Waals surface area contributed by atoms with Crippen molar-refractivity contribution in [2.75, 3.05) is 13.7 Å². The molecule has 138 valence electrons. The van der Waals surface area contributed by atoms with Gasteiger partial charge in [-0.1, -0.05) is 17.7 Å². The summed E-state index contributed by atoms with van der Waals surface area (Å²) in [5.74, 6) is -0.253. The van der Waals surface area contributed by atoms with E-state index in [9.17, 15) is 9.59 Å². The summed E-state index contributed by atoms with van der Waals surface area (Å²) in [6, 6.07) is 7.35. The highest BCUT2D eigenvalue weighted by Gasteiger charge is 2.34. The van der Waals surface area contributed by atoms with Crippen LogP contribution in [0.15, 0.2) is 29.6 Å². The summed E-state index contributed by atoms with van der Waals surface area (Å²) in [5.41, 5.74) is 5.52. The van der Waals surface area contributed by atoms with Crippen molar-refractivity contribution in [2.45, 2.75) is 25.4 Å². The number of benzene rings is 1. The average Bonchev–Trinajstić information content (AvgIpc) is 3.33. The Kier molecular flexibility index (Phi) is 5.68. The van der Waals surface area contributed by atoms with Gasteiger partial charge in [-0.15, -0.1) is 11.3 Å². The molecule has 3 rings (SSSR count). The average molecular weight is 395 g/mol. The molecule has 1 aromatic heterocycles. The topological polar surface area (TPSA) is 81.9 Å². The molecular formula is C18H19ClN2O4S. The Morgan fingerprint density at radius 1 is 1.38 bits per heavy atom. The third-order valence-corrected chi connectivity index (χ3v) is 5.13. The van der Waals surface area contributed by atoms with Crippen LogP contribution >= 0.6 is 22.9 Å². The maximum atomic E-state index is 13.1. The molecule has 1 fully saturated rings. The minimum Gasteiger partial charge on any atom is -0.493 e. The van der Waals surface area contributed by atoms with Crippen molar-refractivity contribution in [1.29, 1.82) is 0 Å². The number of nitrogens with two attached hydrogens (primary N) is 1. The van der Waals surface area contributed by atoms with E-state index in [1.165, 1.54) is 13.2 Å². The number of halogens is 1. The van der Waals surface area contributed by atoms with Crippen molar-refractivity contribution in [1.82, 2.24) is 4.90 Å². The van der Waals surface area contributed by atoms with Gasteiger partial charge in [0.25, 0.3) is 11.8 Å². The van der Waals surface area contributed by atoms with Crippen LogP contribution in [0.5, 0.6) is 11.5 Å². The molecule has 0 spiro atoms. The van der Waals surface area contributed by atoms with Crippen LogP contribution in [-0.2, 0) is 11.3 Å². The Balaban J connectivity index is 1.85. The molecule has 1 aromatic carbocycles. The fourth-order valence-corrected chi connectivity index (χ4v) is 3.58. The molecule has 0 bridgehead atoms.